The maximum absolute atomic E-state index is 13.4. The van der Waals surface area contributed by atoms with Crippen molar-refractivity contribution < 1.29 is 13.6 Å². The lowest BCUT2D eigenvalue weighted by molar-refractivity contribution is -0.117. The fourth-order valence-corrected chi connectivity index (χ4v) is 2.84. The number of pyridine rings is 1. The Hall–Kier alpha value is -2.34. The van der Waals surface area contributed by atoms with E-state index in [0.717, 1.165) is 24.7 Å². The number of benzene rings is 1. The fourth-order valence-electron chi connectivity index (χ4n) is 2.84. The van der Waals surface area contributed by atoms with Crippen LogP contribution in [0.15, 0.2) is 30.5 Å². The van der Waals surface area contributed by atoms with E-state index in [2.05, 4.69) is 17.2 Å². The summed E-state index contributed by atoms with van der Waals surface area (Å²) in [5, 5.41) is 3.26. The van der Waals surface area contributed by atoms with Crippen LogP contribution >= 0.6 is 0 Å². The van der Waals surface area contributed by atoms with E-state index in [1.807, 2.05) is 0 Å². The lowest BCUT2D eigenvalue weighted by atomic mass is 10.1. The van der Waals surface area contributed by atoms with Crippen molar-refractivity contribution in [1.82, 2.24) is 10.3 Å². The molecule has 1 aromatic heterocycles. The van der Waals surface area contributed by atoms with Gasteiger partial charge >= 0.3 is 0 Å². The highest BCUT2D eigenvalue weighted by molar-refractivity contribution is 6.01. The summed E-state index contributed by atoms with van der Waals surface area (Å²) >= 11 is 0. The van der Waals surface area contributed by atoms with Gasteiger partial charge in [0.1, 0.15) is 11.6 Å². The molecule has 4 nitrogen and oxygen atoms in total. The van der Waals surface area contributed by atoms with Crippen molar-refractivity contribution in [2.24, 2.45) is 0 Å². The third kappa shape index (κ3) is 3.43. The Morgan fingerprint density at radius 1 is 1.12 bits per heavy atom. The second kappa shape index (κ2) is 7.05. The number of hydrogen-bond acceptors (Lipinski definition) is 3. The van der Waals surface area contributed by atoms with Gasteiger partial charge in [-0.15, -0.1) is 0 Å². The van der Waals surface area contributed by atoms with Gasteiger partial charge < -0.3 is 10.2 Å². The average molecular weight is 331 g/mol. The van der Waals surface area contributed by atoms with Gasteiger partial charge in [-0.3, -0.25) is 9.78 Å². The Balaban J connectivity index is 1.86. The summed E-state index contributed by atoms with van der Waals surface area (Å²) in [4.78, 5) is 18.2. The number of halogens is 2. The zero-order valence-electron chi connectivity index (χ0n) is 13.5. The first-order valence-corrected chi connectivity index (χ1v) is 8.05. The van der Waals surface area contributed by atoms with Crippen LogP contribution in [0.25, 0.3) is 11.1 Å². The van der Waals surface area contributed by atoms with Crippen LogP contribution in [0.5, 0.6) is 0 Å². The quantitative estimate of drug-likeness (QED) is 0.828. The highest BCUT2D eigenvalue weighted by atomic mass is 19.1. The van der Waals surface area contributed by atoms with Crippen molar-refractivity contribution in [3.63, 3.8) is 0 Å². The molecular weight excluding hydrogens is 312 g/mol. The first-order chi connectivity index (χ1) is 11.6. The van der Waals surface area contributed by atoms with Crippen LogP contribution in [0, 0.1) is 11.6 Å². The van der Waals surface area contributed by atoms with Crippen molar-refractivity contribution >= 4 is 11.6 Å². The number of carbonyl (C=O) groups excluding carboxylic acids is 1. The van der Waals surface area contributed by atoms with E-state index in [-0.39, 0.29) is 12.3 Å². The van der Waals surface area contributed by atoms with Crippen molar-refractivity contribution in [3.05, 3.63) is 47.8 Å². The molecule has 1 aliphatic heterocycles. The standard InChI is InChI=1S/C18H19F2N3O/c1-2-3-21-4-5-23-17-8-13(11-22-16(17)10-18(23)24)12-6-14(19)9-15(20)7-12/h6-9,11,21H,2-5,10H2,1H3. The van der Waals surface area contributed by atoms with Gasteiger partial charge in [-0.25, -0.2) is 8.78 Å². The monoisotopic (exact) mass is 331 g/mol. The van der Waals surface area contributed by atoms with E-state index >= 15 is 0 Å². The molecule has 0 atom stereocenters. The van der Waals surface area contributed by atoms with Crippen molar-refractivity contribution in [1.29, 1.82) is 0 Å². The molecule has 3 rings (SSSR count). The largest absolute Gasteiger partial charge is 0.315 e. The number of rotatable bonds is 6. The Morgan fingerprint density at radius 2 is 1.88 bits per heavy atom. The number of aromatic nitrogens is 1. The maximum atomic E-state index is 13.4. The first kappa shape index (κ1) is 16.5. The first-order valence-electron chi connectivity index (χ1n) is 8.05. The highest BCUT2D eigenvalue weighted by Crippen LogP contribution is 2.32. The molecule has 6 heteroatoms. The summed E-state index contributed by atoms with van der Waals surface area (Å²) in [5.74, 6) is -1.28. The van der Waals surface area contributed by atoms with Gasteiger partial charge in [0.05, 0.1) is 17.8 Å². The van der Waals surface area contributed by atoms with Crippen molar-refractivity contribution in [2.45, 2.75) is 19.8 Å². The van der Waals surface area contributed by atoms with Crippen LogP contribution in [0.2, 0.25) is 0 Å². The Labute approximate surface area is 139 Å². The highest BCUT2D eigenvalue weighted by Gasteiger charge is 2.28. The molecule has 126 valence electrons. The number of nitrogens with zero attached hydrogens (tertiary/aromatic N) is 2. The minimum atomic E-state index is -0.637. The van der Waals surface area contributed by atoms with E-state index in [4.69, 9.17) is 0 Å². The zero-order valence-corrected chi connectivity index (χ0v) is 13.5. The molecule has 0 fully saturated rings. The molecule has 1 aromatic carbocycles. The Morgan fingerprint density at radius 3 is 2.58 bits per heavy atom. The van der Waals surface area contributed by atoms with Crippen LogP contribution in [0.4, 0.5) is 14.5 Å². The summed E-state index contributed by atoms with van der Waals surface area (Å²) in [5.41, 5.74) is 2.43. The molecule has 0 radical (unpaired) electrons. The molecule has 0 unspecified atom stereocenters. The van der Waals surface area contributed by atoms with E-state index in [0.29, 0.717) is 29.9 Å². The summed E-state index contributed by atoms with van der Waals surface area (Å²) < 4.78 is 26.9. The van der Waals surface area contributed by atoms with Crippen LogP contribution in [-0.2, 0) is 11.2 Å². The van der Waals surface area contributed by atoms with Gasteiger partial charge in [0.15, 0.2) is 0 Å². The van der Waals surface area contributed by atoms with E-state index in [9.17, 15) is 13.6 Å². The normalized spacial score (nSPS) is 13.5. The van der Waals surface area contributed by atoms with Crippen LogP contribution in [-0.4, -0.2) is 30.5 Å². The second-order valence-corrected chi connectivity index (χ2v) is 5.82. The minimum Gasteiger partial charge on any atom is -0.315 e. The van der Waals surface area contributed by atoms with E-state index in [1.165, 1.54) is 12.1 Å². The summed E-state index contributed by atoms with van der Waals surface area (Å²) in [6.07, 6.45) is 2.85. The number of hydrogen-bond donors (Lipinski definition) is 1. The zero-order chi connectivity index (χ0) is 17.1. The van der Waals surface area contributed by atoms with Gasteiger partial charge in [0, 0.05) is 30.9 Å². The van der Waals surface area contributed by atoms with E-state index < -0.39 is 11.6 Å². The molecule has 2 heterocycles. The number of amides is 1. The third-order valence-electron chi connectivity index (χ3n) is 3.99. The smallest absolute Gasteiger partial charge is 0.233 e. The fraction of sp³-hybridized carbons (Fsp3) is 0.333. The summed E-state index contributed by atoms with van der Waals surface area (Å²) in [6, 6.07) is 5.13. The lowest BCUT2D eigenvalue weighted by Gasteiger charge is -2.18. The van der Waals surface area contributed by atoms with Gasteiger partial charge in [0.25, 0.3) is 0 Å². The predicted octanol–water partition coefficient (Wildman–Crippen LogP) is 2.92. The van der Waals surface area contributed by atoms with Crippen LogP contribution < -0.4 is 10.2 Å². The number of nitrogens with one attached hydrogen (secondary N) is 1. The molecule has 0 bridgehead atoms. The molecule has 1 aliphatic rings. The summed E-state index contributed by atoms with van der Waals surface area (Å²) in [7, 11) is 0. The van der Waals surface area contributed by atoms with Gasteiger partial charge in [-0.05, 0) is 36.7 Å². The Kier molecular flexibility index (Phi) is 4.85. The van der Waals surface area contributed by atoms with Gasteiger partial charge in [-0.2, -0.15) is 0 Å². The third-order valence-corrected chi connectivity index (χ3v) is 3.99. The topological polar surface area (TPSA) is 45.2 Å². The number of fused-ring (bicyclic) bond motifs is 1. The molecule has 2 aromatic rings. The van der Waals surface area contributed by atoms with Crippen LogP contribution in [0.1, 0.15) is 19.0 Å². The maximum Gasteiger partial charge on any atom is 0.233 e. The number of carbonyl (C=O) groups is 1. The van der Waals surface area contributed by atoms with Crippen LogP contribution in [0.3, 0.4) is 0 Å². The van der Waals surface area contributed by atoms with E-state index in [1.54, 1.807) is 17.2 Å². The average Bonchev–Trinajstić information content (AvgIpc) is 2.85. The molecule has 24 heavy (non-hydrogen) atoms. The molecule has 1 N–H and O–H groups in total. The second-order valence-electron chi connectivity index (χ2n) is 5.82. The van der Waals surface area contributed by atoms with Gasteiger partial charge in [0.2, 0.25) is 5.91 Å². The molecule has 0 spiro atoms. The lowest BCUT2D eigenvalue weighted by Crippen LogP contribution is -2.34. The SMILES string of the molecule is CCCNCCN1C(=O)Cc2ncc(-c3cc(F)cc(F)c3)cc21. The minimum absolute atomic E-state index is 0.00151. The molecule has 0 saturated carbocycles. The van der Waals surface area contributed by atoms with Gasteiger partial charge in [-0.1, -0.05) is 6.92 Å². The predicted molar refractivity (Wildman–Crippen MR) is 88.8 cm³/mol. The molecule has 0 saturated heterocycles. The number of anilines is 1. The molecule has 0 aliphatic carbocycles. The molecule has 1 amide bonds. The summed E-state index contributed by atoms with van der Waals surface area (Å²) in [6.45, 7) is 4.22. The Bertz CT molecular complexity index is 744. The van der Waals surface area contributed by atoms with Crippen molar-refractivity contribution in [2.75, 3.05) is 24.5 Å². The molecular formula is C18H19F2N3O. The van der Waals surface area contributed by atoms with Crippen molar-refractivity contribution in [3.8, 4) is 11.1 Å².